The summed E-state index contributed by atoms with van der Waals surface area (Å²) in [5, 5.41) is 9.85. The molecule has 1 aromatic rings. The van der Waals surface area contributed by atoms with Crippen LogP contribution in [0.4, 0.5) is 0 Å². The van der Waals surface area contributed by atoms with Crippen molar-refractivity contribution in [2.45, 2.75) is 44.9 Å². The van der Waals surface area contributed by atoms with Crippen molar-refractivity contribution in [3.8, 4) is 0 Å². The van der Waals surface area contributed by atoms with Crippen LogP contribution in [0.2, 0.25) is 0 Å². The molecular weight excluding hydrogens is 244 g/mol. The highest BCUT2D eigenvalue weighted by Gasteiger charge is 2.38. The van der Waals surface area contributed by atoms with Crippen LogP contribution in [0.3, 0.4) is 0 Å². The maximum atomic E-state index is 11.7. The van der Waals surface area contributed by atoms with E-state index >= 15 is 0 Å². The molecule has 0 unspecified atom stereocenters. The zero-order valence-electron chi connectivity index (χ0n) is 11.7. The molecular formula is C13H22N4O2. The van der Waals surface area contributed by atoms with Gasteiger partial charge in [-0.2, -0.15) is 4.98 Å². The lowest BCUT2D eigenvalue weighted by atomic mass is 9.75. The van der Waals surface area contributed by atoms with E-state index in [1.807, 2.05) is 6.92 Å². The smallest absolute Gasteiger partial charge is 0.292 e. The van der Waals surface area contributed by atoms with Crippen LogP contribution in [0.15, 0.2) is 4.52 Å². The summed E-state index contributed by atoms with van der Waals surface area (Å²) >= 11 is 0. The summed E-state index contributed by atoms with van der Waals surface area (Å²) in [5.74, 6) is 0.501. The number of piperidine rings is 1. The fourth-order valence-electron chi connectivity index (χ4n) is 2.73. The first-order chi connectivity index (χ1) is 9.22. The Kier molecular flexibility index (Phi) is 4.52. The van der Waals surface area contributed by atoms with Gasteiger partial charge in [-0.05, 0) is 39.3 Å². The van der Waals surface area contributed by atoms with Crippen LogP contribution in [0, 0.1) is 0 Å². The summed E-state index contributed by atoms with van der Waals surface area (Å²) in [7, 11) is 0. The van der Waals surface area contributed by atoms with E-state index in [1.165, 1.54) is 0 Å². The Balaban J connectivity index is 2.20. The highest BCUT2D eigenvalue weighted by Crippen LogP contribution is 2.36. The lowest BCUT2D eigenvalue weighted by Crippen LogP contribution is -2.40. The van der Waals surface area contributed by atoms with Gasteiger partial charge in [-0.1, -0.05) is 18.5 Å². The number of carbonyl (C=O) groups is 1. The van der Waals surface area contributed by atoms with Gasteiger partial charge in [0.1, 0.15) is 0 Å². The highest BCUT2D eigenvalue weighted by atomic mass is 16.5. The zero-order chi connectivity index (χ0) is 13.7. The van der Waals surface area contributed by atoms with Crippen molar-refractivity contribution in [3.05, 3.63) is 11.7 Å². The molecule has 6 nitrogen and oxygen atoms in total. The van der Waals surface area contributed by atoms with Gasteiger partial charge in [0.15, 0.2) is 0 Å². The number of rotatable bonds is 5. The van der Waals surface area contributed by atoms with E-state index in [0.717, 1.165) is 38.8 Å². The van der Waals surface area contributed by atoms with Gasteiger partial charge in [0.05, 0.1) is 5.41 Å². The Labute approximate surface area is 113 Å². The Bertz CT molecular complexity index is 419. The first-order valence-electron chi connectivity index (χ1n) is 7.05. The van der Waals surface area contributed by atoms with Crippen LogP contribution in [0.1, 0.15) is 56.0 Å². The van der Waals surface area contributed by atoms with Crippen molar-refractivity contribution in [3.63, 3.8) is 0 Å². The predicted octanol–water partition coefficient (Wildman–Crippen LogP) is 1.24. The number of nitrogens with one attached hydrogen (secondary N) is 2. The first kappa shape index (κ1) is 14.0. The summed E-state index contributed by atoms with van der Waals surface area (Å²) in [6.45, 7) is 6.50. The lowest BCUT2D eigenvalue weighted by molar-refractivity contribution is 0.0942. The summed E-state index contributed by atoms with van der Waals surface area (Å²) in [4.78, 5) is 16.0. The van der Waals surface area contributed by atoms with Crippen molar-refractivity contribution in [1.82, 2.24) is 20.8 Å². The molecule has 1 aromatic heterocycles. The van der Waals surface area contributed by atoms with Gasteiger partial charge in [0.25, 0.3) is 11.7 Å². The molecule has 1 saturated heterocycles. The molecule has 0 aromatic carbocycles. The summed E-state index contributed by atoms with van der Waals surface area (Å²) in [6.07, 6.45) is 4.06. The minimum absolute atomic E-state index is 0.0578. The molecule has 0 bridgehead atoms. The molecule has 0 aliphatic carbocycles. The molecule has 0 saturated carbocycles. The van der Waals surface area contributed by atoms with E-state index in [4.69, 9.17) is 4.52 Å². The molecule has 0 radical (unpaired) electrons. The third kappa shape index (κ3) is 2.94. The van der Waals surface area contributed by atoms with Crippen molar-refractivity contribution in [2.24, 2.45) is 0 Å². The van der Waals surface area contributed by atoms with E-state index in [9.17, 15) is 4.79 Å². The molecule has 2 rings (SSSR count). The fourth-order valence-corrected chi connectivity index (χ4v) is 2.73. The van der Waals surface area contributed by atoms with Gasteiger partial charge in [0.2, 0.25) is 5.89 Å². The van der Waals surface area contributed by atoms with E-state index < -0.39 is 0 Å². The number of hydrogen-bond donors (Lipinski definition) is 2. The zero-order valence-corrected chi connectivity index (χ0v) is 11.7. The fraction of sp³-hybridized carbons (Fsp3) is 0.769. The number of carbonyl (C=O) groups excluding carboxylic acids is 1. The molecule has 1 aliphatic heterocycles. The maximum Gasteiger partial charge on any atom is 0.292 e. The average molecular weight is 266 g/mol. The van der Waals surface area contributed by atoms with Gasteiger partial charge >= 0.3 is 0 Å². The van der Waals surface area contributed by atoms with Crippen LogP contribution in [0.25, 0.3) is 0 Å². The number of nitrogens with zero attached hydrogens (tertiary/aromatic N) is 2. The molecule has 106 valence electrons. The minimum Gasteiger partial charge on any atom is -0.349 e. The second-order valence-electron chi connectivity index (χ2n) is 5.06. The van der Waals surface area contributed by atoms with Crippen LogP contribution < -0.4 is 10.6 Å². The predicted molar refractivity (Wildman–Crippen MR) is 71.0 cm³/mol. The SMILES string of the molecule is CCCC1(c2nc(C(=O)NCC)no2)CCNCC1. The largest absolute Gasteiger partial charge is 0.349 e. The molecule has 2 heterocycles. The van der Waals surface area contributed by atoms with Crippen LogP contribution >= 0.6 is 0 Å². The minimum atomic E-state index is -0.266. The quantitative estimate of drug-likeness (QED) is 0.838. The Morgan fingerprint density at radius 2 is 2.16 bits per heavy atom. The normalized spacial score (nSPS) is 18.2. The maximum absolute atomic E-state index is 11.7. The van der Waals surface area contributed by atoms with Crippen LogP contribution in [-0.4, -0.2) is 35.7 Å². The number of hydrogen-bond acceptors (Lipinski definition) is 5. The third-order valence-corrected chi connectivity index (χ3v) is 3.71. The Hall–Kier alpha value is -1.43. The lowest BCUT2D eigenvalue weighted by Gasteiger charge is -2.34. The molecule has 2 N–H and O–H groups in total. The first-order valence-corrected chi connectivity index (χ1v) is 7.05. The number of aromatic nitrogens is 2. The summed E-state index contributed by atoms with van der Waals surface area (Å²) in [5.41, 5.74) is -0.0578. The van der Waals surface area contributed by atoms with Gasteiger partial charge in [-0.3, -0.25) is 4.79 Å². The van der Waals surface area contributed by atoms with E-state index in [0.29, 0.717) is 12.4 Å². The third-order valence-electron chi connectivity index (χ3n) is 3.71. The second kappa shape index (κ2) is 6.14. The molecule has 19 heavy (non-hydrogen) atoms. The van der Waals surface area contributed by atoms with Gasteiger partial charge in [-0.25, -0.2) is 0 Å². The highest BCUT2D eigenvalue weighted by molar-refractivity contribution is 5.90. The van der Waals surface area contributed by atoms with Gasteiger partial charge in [-0.15, -0.1) is 0 Å². The van der Waals surface area contributed by atoms with Gasteiger partial charge < -0.3 is 15.2 Å². The molecule has 0 spiro atoms. The van der Waals surface area contributed by atoms with Crippen molar-refractivity contribution >= 4 is 5.91 Å². The number of amides is 1. The molecule has 1 fully saturated rings. The molecule has 1 amide bonds. The van der Waals surface area contributed by atoms with E-state index in [2.05, 4.69) is 27.7 Å². The van der Waals surface area contributed by atoms with E-state index in [-0.39, 0.29) is 17.1 Å². The molecule has 6 heteroatoms. The standard InChI is InChI=1S/C13H22N4O2/c1-3-5-13(6-8-14-9-7-13)12-16-10(17-19-12)11(18)15-4-2/h14H,3-9H2,1-2H3,(H,15,18). The Morgan fingerprint density at radius 3 is 2.79 bits per heavy atom. The van der Waals surface area contributed by atoms with Crippen molar-refractivity contribution in [2.75, 3.05) is 19.6 Å². The summed E-state index contributed by atoms with van der Waals surface area (Å²) in [6, 6.07) is 0. The van der Waals surface area contributed by atoms with Crippen molar-refractivity contribution < 1.29 is 9.32 Å². The molecule has 1 aliphatic rings. The second-order valence-corrected chi connectivity index (χ2v) is 5.06. The monoisotopic (exact) mass is 266 g/mol. The van der Waals surface area contributed by atoms with E-state index in [1.54, 1.807) is 0 Å². The summed E-state index contributed by atoms with van der Waals surface area (Å²) < 4.78 is 5.38. The molecule has 0 atom stereocenters. The van der Waals surface area contributed by atoms with Gasteiger partial charge in [0, 0.05) is 6.54 Å². The van der Waals surface area contributed by atoms with Crippen molar-refractivity contribution in [1.29, 1.82) is 0 Å². The van der Waals surface area contributed by atoms with Crippen LogP contribution in [0.5, 0.6) is 0 Å². The topological polar surface area (TPSA) is 80.1 Å². The Morgan fingerprint density at radius 1 is 1.42 bits per heavy atom. The average Bonchev–Trinajstić information content (AvgIpc) is 2.91. The van der Waals surface area contributed by atoms with Crippen LogP contribution in [-0.2, 0) is 5.41 Å².